The maximum absolute atomic E-state index is 11.0. The van der Waals surface area contributed by atoms with E-state index in [1.54, 1.807) is 0 Å². The SMILES string of the molecule is CCN(CCC(=O)OC)CC1CCOC1. The maximum atomic E-state index is 11.0. The molecule has 15 heavy (non-hydrogen) atoms. The quantitative estimate of drug-likeness (QED) is 0.617. The molecule has 1 fully saturated rings. The van der Waals surface area contributed by atoms with Crippen molar-refractivity contribution in [2.45, 2.75) is 19.8 Å². The molecule has 4 nitrogen and oxygen atoms in total. The summed E-state index contributed by atoms with van der Waals surface area (Å²) >= 11 is 0. The molecule has 0 aromatic rings. The molecule has 0 aromatic heterocycles. The van der Waals surface area contributed by atoms with Crippen molar-refractivity contribution in [2.75, 3.05) is 40.0 Å². The van der Waals surface area contributed by atoms with Gasteiger partial charge >= 0.3 is 5.97 Å². The third kappa shape index (κ3) is 4.62. The predicted molar refractivity (Wildman–Crippen MR) is 57.7 cm³/mol. The Balaban J connectivity index is 2.19. The van der Waals surface area contributed by atoms with Gasteiger partial charge in [0.05, 0.1) is 20.1 Å². The highest BCUT2D eigenvalue weighted by Crippen LogP contribution is 2.13. The van der Waals surface area contributed by atoms with Crippen molar-refractivity contribution in [3.05, 3.63) is 0 Å². The molecule has 0 bridgehead atoms. The molecule has 0 saturated carbocycles. The predicted octanol–water partition coefficient (Wildman–Crippen LogP) is 0.908. The minimum Gasteiger partial charge on any atom is -0.469 e. The molecule has 1 heterocycles. The van der Waals surface area contributed by atoms with Gasteiger partial charge < -0.3 is 14.4 Å². The van der Waals surface area contributed by atoms with E-state index >= 15 is 0 Å². The molecule has 1 atom stereocenters. The van der Waals surface area contributed by atoms with Gasteiger partial charge in [-0.05, 0) is 18.9 Å². The van der Waals surface area contributed by atoms with Crippen molar-refractivity contribution < 1.29 is 14.3 Å². The van der Waals surface area contributed by atoms with Gasteiger partial charge in [0.25, 0.3) is 0 Å². The van der Waals surface area contributed by atoms with E-state index in [1.165, 1.54) is 7.11 Å². The Labute approximate surface area is 91.5 Å². The first-order valence-corrected chi connectivity index (χ1v) is 5.63. The molecule has 0 spiro atoms. The van der Waals surface area contributed by atoms with E-state index in [1.807, 2.05) is 0 Å². The fourth-order valence-corrected chi connectivity index (χ4v) is 1.82. The highest BCUT2D eigenvalue weighted by molar-refractivity contribution is 5.69. The lowest BCUT2D eigenvalue weighted by atomic mass is 10.1. The molecular weight excluding hydrogens is 194 g/mol. The van der Waals surface area contributed by atoms with Gasteiger partial charge in [-0.3, -0.25) is 4.79 Å². The zero-order valence-corrected chi connectivity index (χ0v) is 9.70. The number of hydrogen-bond donors (Lipinski definition) is 0. The Kier molecular flexibility index (Phi) is 5.65. The molecule has 0 radical (unpaired) electrons. The van der Waals surface area contributed by atoms with Crippen LogP contribution >= 0.6 is 0 Å². The van der Waals surface area contributed by atoms with Crippen LogP contribution in [0.5, 0.6) is 0 Å². The largest absolute Gasteiger partial charge is 0.469 e. The number of nitrogens with zero attached hydrogens (tertiary/aromatic N) is 1. The lowest BCUT2D eigenvalue weighted by Gasteiger charge is -2.22. The Bertz CT molecular complexity index is 190. The second kappa shape index (κ2) is 6.80. The Hall–Kier alpha value is -0.610. The van der Waals surface area contributed by atoms with Gasteiger partial charge in [0.15, 0.2) is 0 Å². The first-order chi connectivity index (χ1) is 7.26. The molecule has 0 amide bonds. The average molecular weight is 215 g/mol. The van der Waals surface area contributed by atoms with Crippen LogP contribution in [0.2, 0.25) is 0 Å². The number of methoxy groups -OCH3 is 1. The van der Waals surface area contributed by atoms with Crippen LogP contribution in [-0.4, -0.2) is 50.8 Å². The van der Waals surface area contributed by atoms with E-state index in [9.17, 15) is 4.79 Å². The molecule has 1 unspecified atom stereocenters. The van der Waals surface area contributed by atoms with Gasteiger partial charge in [-0.2, -0.15) is 0 Å². The zero-order valence-electron chi connectivity index (χ0n) is 9.70. The molecule has 0 aromatic carbocycles. The monoisotopic (exact) mass is 215 g/mol. The maximum Gasteiger partial charge on any atom is 0.306 e. The normalized spacial score (nSPS) is 20.9. The van der Waals surface area contributed by atoms with E-state index < -0.39 is 0 Å². The summed E-state index contributed by atoms with van der Waals surface area (Å²) in [5.74, 6) is 0.513. The standard InChI is InChI=1S/C11H21NO3/c1-3-12(6-4-11(13)14-2)8-10-5-7-15-9-10/h10H,3-9H2,1-2H3. The molecule has 88 valence electrons. The van der Waals surface area contributed by atoms with Gasteiger partial charge in [0.2, 0.25) is 0 Å². The van der Waals surface area contributed by atoms with Crippen LogP contribution in [0.15, 0.2) is 0 Å². The Morgan fingerprint density at radius 3 is 2.93 bits per heavy atom. The van der Waals surface area contributed by atoms with E-state index in [-0.39, 0.29) is 5.97 Å². The molecule has 1 aliphatic rings. The van der Waals surface area contributed by atoms with Crippen molar-refractivity contribution in [3.8, 4) is 0 Å². The van der Waals surface area contributed by atoms with Crippen molar-refractivity contribution >= 4 is 5.97 Å². The van der Waals surface area contributed by atoms with E-state index in [0.29, 0.717) is 12.3 Å². The molecule has 1 aliphatic heterocycles. The highest BCUT2D eigenvalue weighted by atomic mass is 16.5. The van der Waals surface area contributed by atoms with Crippen LogP contribution < -0.4 is 0 Å². The first kappa shape index (κ1) is 12.5. The fraction of sp³-hybridized carbons (Fsp3) is 0.909. The molecule has 0 N–H and O–H groups in total. The molecule has 1 saturated heterocycles. The Morgan fingerprint density at radius 1 is 1.60 bits per heavy atom. The average Bonchev–Trinajstić information content (AvgIpc) is 2.76. The minimum atomic E-state index is -0.129. The molecule has 0 aliphatic carbocycles. The summed E-state index contributed by atoms with van der Waals surface area (Å²) in [7, 11) is 1.43. The lowest BCUT2D eigenvalue weighted by Crippen LogP contribution is -2.31. The number of rotatable bonds is 6. The summed E-state index contributed by atoms with van der Waals surface area (Å²) in [4.78, 5) is 13.3. The van der Waals surface area contributed by atoms with Gasteiger partial charge in [-0.15, -0.1) is 0 Å². The van der Waals surface area contributed by atoms with Crippen LogP contribution in [0.4, 0.5) is 0 Å². The third-order valence-corrected chi connectivity index (χ3v) is 2.85. The number of carbonyl (C=O) groups excluding carboxylic acids is 1. The summed E-state index contributed by atoms with van der Waals surface area (Å²) in [6, 6.07) is 0. The van der Waals surface area contributed by atoms with Crippen molar-refractivity contribution in [1.82, 2.24) is 4.90 Å². The summed E-state index contributed by atoms with van der Waals surface area (Å²) in [6.45, 7) is 6.68. The smallest absolute Gasteiger partial charge is 0.306 e. The highest BCUT2D eigenvalue weighted by Gasteiger charge is 2.18. The first-order valence-electron chi connectivity index (χ1n) is 5.63. The molecular formula is C11H21NO3. The molecule has 4 heteroatoms. The summed E-state index contributed by atoms with van der Waals surface area (Å²) in [5.41, 5.74) is 0. The van der Waals surface area contributed by atoms with Crippen molar-refractivity contribution in [3.63, 3.8) is 0 Å². The number of carbonyl (C=O) groups is 1. The summed E-state index contributed by atoms with van der Waals surface area (Å²) in [5, 5.41) is 0. The van der Waals surface area contributed by atoms with Crippen molar-refractivity contribution in [2.24, 2.45) is 5.92 Å². The second-order valence-corrected chi connectivity index (χ2v) is 3.95. The van der Waals surface area contributed by atoms with E-state index in [4.69, 9.17) is 4.74 Å². The second-order valence-electron chi connectivity index (χ2n) is 3.95. The third-order valence-electron chi connectivity index (χ3n) is 2.85. The van der Waals surface area contributed by atoms with Gasteiger partial charge in [0, 0.05) is 19.7 Å². The van der Waals surface area contributed by atoms with Gasteiger partial charge in [0.1, 0.15) is 0 Å². The van der Waals surface area contributed by atoms with E-state index in [2.05, 4.69) is 16.6 Å². The number of hydrogen-bond acceptors (Lipinski definition) is 4. The van der Waals surface area contributed by atoms with Crippen molar-refractivity contribution in [1.29, 1.82) is 0 Å². The summed E-state index contributed by atoms with van der Waals surface area (Å²) in [6.07, 6.45) is 1.63. The van der Waals surface area contributed by atoms with Crippen LogP contribution in [0, 0.1) is 5.92 Å². The zero-order chi connectivity index (χ0) is 11.1. The van der Waals surface area contributed by atoms with E-state index in [0.717, 1.165) is 39.3 Å². The van der Waals surface area contributed by atoms with Gasteiger partial charge in [-0.25, -0.2) is 0 Å². The minimum absolute atomic E-state index is 0.129. The fourth-order valence-electron chi connectivity index (χ4n) is 1.82. The topological polar surface area (TPSA) is 38.8 Å². The van der Waals surface area contributed by atoms with Crippen LogP contribution in [0.25, 0.3) is 0 Å². The number of ether oxygens (including phenoxy) is 2. The van der Waals surface area contributed by atoms with Crippen LogP contribution in [0.3, 0.4) is 0 Å². The number of esters is 1. The molecule has 1 rings (SSSR count). The summed E-state index contributed by atoms with van der Waals surface area (Å²) < 4.78 is 9.96. The lowest BCUT2D eigenvalue weighted by molar-refractivity contribution is -0.141. The van der Waals surface area contributed by atoms with Crippen LogP contribution in [0.1, 0.15) is 19.8 Å². The van der Waals surface area contributed by atoms with Gasteiger partial charge in [-0.1, -0.05) is 6.92 Å². The van der Waals surface area contributed by atoms with Crippen LogP contribution in [-0.2, 0) is 14.3 Å². The Morgan fingerprint density at radius 2 is 2.40 bits per heavy atom.